The smallest absolute Gasteiger partial charge is 0.410 e. The van der Waals surface area contributed by atoms with Crippen molar-refractivity contribution < 1.29 is 9.53 Å². The van der Waals surface area contributed by atoms with Gasteiger partial charge in [-0.3, -0.25) is 0 Å². The molecule has 23 heavy (non-hydrogen) atoms. The molecule has 5 aliphatic rings. The number of halogens is 1. The number of carbonyl (C=O) groups is 1. The van der Waals surface area contributed by atoms with Gasteiger partial charge in [-0.2, -0.15) is 0 Å². The van der Waals surface area contributed by atoms with Crippen molar-refractivity contribution in [3.05, 3.63) is 34.3 Å². The molecule has 4 heteroatoms. The largest absolute Gasteiger partial charge is 0.439 e. The molecule has 1 unspecified atom stereocenters. The summed E-state index contributed by atoms with van der Waals surface area (Å²) in [6, 6.07) is 8.59. The summed E-state index contributed by atoms with van der Waals surface area (Å²) in [4.78, 5) is 14.6. The summed E-state index contributed by atoms with van der Waals surface area (Å²) in [5, 5.41) is 0. The van der Waals surface area contributed by atoms with Crippen molar-refractivity contribution in [3.63, 3.8) is 0 Å². The van der Waals surface area contributed by atoms with E-state index in [1.165, 1.54) is 32.1 Å². The van der Waals surface area contributed by atoms with Crippen LogP contribution in [0.4, 0.5) is 4.79 Å². The molecule has 5 fully saturated rings. The molecule has 0 N–H and O–H groups in total. The Balaban J connectivity index is 1.38. The molecule has 1 amide bonds. The number of hydrogen-bond acceptors (Lipinski definition) is 2. The molecule has 1 heterocycles. The van der Waals surface area contributed by atoms with E-state index in [4.69, 9.17) is 4.74 Å². The highest BCUT2D eigenvalue weighted by Crippen LogP contribution is 2.55. The highest BCUT2D eigenvalue weighted by molar-refractivity contribution is 9.10. The Morgan fingerprint density at radius 1 is 1.04 bits per heavy atom. The first kappa shape index (κ1) is 14.3. The summed E-state index contributed by atoms with van der Waals surface area (Å²) in [6.45, 7) is 0.724. The third-order valence-electron chi connectivity index (χ3n) is 6.60. The lowest BCUT2D eigenvalue weighted by atomic mass is 9.54. The van der Waals surface area contributed by atoms with Gasteiger partial charge in [0.25, 0.3) is 0 Å². The van der Waals surface area contributed by atoms with Crippen LogP contribution in [0, 0.1) is 23.7 Å². The SMILES string of the molecule is O=C1OC(c2cccc(Br)c2)CN1C1C2CC3CC(C2)CC1C3. The first-order valence-electron chi connectivity index (χ1n) is 8.90. The van der Waals surface area contributed by atoms with E-state index in [2.05, 4.69) is 33.0 Å². The Hall–Kier alpha value is -1.03. The van der Waals surface area contributed by atoms with E-state index in [1.807, 2.05) is 12.1 Å². The minimum absolute atomic E-state index is 0.0903. The molecular formula is C19H22BrNO2. The molecule has 1 aliphatic heterocycles. The molecule has 4 saturated carbocycles. The van der Waals surface area contributed by atoms with Gasteiger partial charge < -0.3 is 9.64 Å². The van der Waals surface area contributed by atoms with Gasteiger partial charge in [0.2, 0.25) is 0 Å². The van der Waals surface area contributed by atoms with E-state index in [-0.39, 0.29) is 12.2 Å². The second-order valence-electron chi connectivity index (χ2n) is 8.00. The Morgan fingerprint density at radius 3 is 2.39 bits per heavy atom. The van der Waals surface area contributed by atoms with Crippen LogP contribution in [0.5, 0.6) is 0 Å². The Bertz CT molecular complexity index is 618. The summed E-state index contributed by atoms with van der Waals surface area (Å²) in [5.41, 5.74) is 1.10. The van der Waals surface area contributed by atoms with E-state index in [0.29, 0.717) is 6.04 Å². The van der Waals surface area contributed by atoms with Crippen LogP contribution in [-0.4, -0.2) is 23.6 Å². The lowest BCUT2D eigenvalue weighted by Crippen LogP contribution is -2.56. The van der Waals surface area contributed by atoms with Gasteiger partial charge in [-0.25, -0.2) is 4.79 Å². The number of rotatable bonds is 2. The summed E-state index contributed by atoms with van der Waals surface area (Å²) in [7, 11) is 0. The number of cyclic esters (lactones) is 1. The standard InChI is InChI=1S/C19H22BrNO2/c20-16-3-1-2-13(9-16)17-10-21(19(22)23-17)18-14-5-11-4-12(7-14)8-15(18)6-11/h1-3,9,11-12,14-15,17-18H,4-8,10H2. The monoisotopic (exact) mass is 375 g/mol. The van der Waals surface area contributed by atoms with Gasteiger partial charge in [-0.15, -0.1) is 0 Å². The van der Waals surface area contributed by atoms with Crippen molar-refractivity contribution in [2.24, 2.45) is 23.7 Å². The molecule has 4 aliphatic carbocycles. The molecule has 122 valence electrons. The minimum atomic E-state index is -0.114. The van der Waals surface area contributed by atoms with Crippen molar-refractivity contribution in [2.45, 2.75) is 44.2 Å². The van der Waals surface area contributed by atoms with Gasteiger partial charge in [0.15, 0.2) is 0 Å². The molecule has 1 aromatic carbocycles. The van der Waals surface area contributed by atoms with Crippen molar-refractivity contribution in [3.8, 4) is 0 Å². The van der Waals surface area contributed by atoms with Gasteiger partial charge in [-0.1, -0.05) is 28.1 Å². The molecule has 1 aromatic rings. The molecule has 4 bridgehead atoms. The zero-order chi connectivity index (χ0) is 15.6. The fraction of sp³-hybridized carbons (Fsp3) is 0.632. The second kappa shape index (κ2) is 5.23. The maximum atomic E-state index is 12.6. The van der Waals surface area contributed by atoms with Crippen molar-refractivity contribution >= 4 is 22.0 Å². The van der Waals surface area contributed by atoms with E-state index in [0.717, 1.165) is 40.3 Å². The Kier molecular flexibility index (Phi) is 3.26. The van der Waals surface area contributed by atoms with E-state index >= 15 is 0 Å². The highest BCUT2D eigenvalue weighted by atomic mass is 79.9. The summed E-state index contributed by atoms with van der Waals surface area (Å²) < 4.78 is 6.78. The van der Waals surface area contributed by atoms with Gasteiger partial charge in [0, 0.05) is 10.5 Å². The van der Waals surface area contributed by atoms with Crippen LogP contribution < -0.4 is 0 Å². The number of benzene rings is 1. The molecular weight excluding hydrogens is 354 g/mol. The van der Waals surface area contributed by atoms with Crippen LogP contribution in [0.3, 0.4) is 0 Å². The van der Waals surface area contributed by atoms with Crippen molar-refractivity contribution in [2.75, 3.05) is 6.54 Å². The fourth-order valence-corrected chi connectivity index (χ4v) is 6.43. The third kappa shape index (κ3) is 2.33. The van der Waals surface area contributed by atoms with Gasteiger partial charge in [0.1, 0.15) is 6.10 Å². The number of carbonyl (C=O) groups excluding carboxylic acids is 1. The average Bonchev–Trinajstić information content (AvgIpc) is 2.88. The summed E-state index contributed by atoms with van der Waals surface area (Å²) in [5.74, 6) is 3.32. The van der Waals surface area contributed by atoms with E-state index in [9.17, 15) is 4.79 Å². The second-order valence-corrected chi connectivity index (χ2v) is 8.92. The predicted octanol–water partition coefficient (Wildman–Crippen LogP) is 4.77. The summed E-state index contributed by atoms with van der Waals surface area (Å²) in [6.07, 6.45) is 6.59. The fourth-order valence-electron chi connectivity index (χ4n) is 6.01. The number of amides is 1. The maximum Gasteiger partial charge on any atom is 0.410 e. The highest BCUT2D eigenvalue weighted by Gasteiger charge is 2.53. The summed E-state index contributed by atoms with van der Waals surface area (Å²) >= 11 is 3.51. The number of hydrogen-bond donors (Lipinski definition) is 0. The third-order valence-corrected chi connectivity index (χ3v) is 7.09. The topological polar surface area (TPSA) is 29.5 Å². The molecule has 1 saturated heterocycles. The predicted molar refractivity (Wildman–Crippen MR) is 90.9 cm³/mol. The Labute approximate surface area is 145 Å². The van der Waals surface area contributed by atoms with E-state index in [1.54, 1.807) is 0 Å². The van der Waals surface area contributed by atoms with Crippen molar-refractivity contribution in [1.29, 1.82) is 0 Å². The van der Waals surface area contributed by atoms with Crippen LogP contribution in [0.25, 0.3) is 0 Å². The molecule has 1 atom stereocenters. The first-order valence-corrected chi connectivity index (χ1v) is 9.69. The molecule has 0 radical (unpaired) electrons. The zero-order valence-electron chi connectivity index (χ0n) is 13.2. The van der Waals surface area contributed by atoms with Crippen LogP contribution in [0.1, 0.15) is 43.8 Å². The van der Waals surface area contributed by atoms with Gasteiger partial charge >= 0.3 is 6.09 Å². The average molecular weight is 376 g/mol. The number of nitrogens with zero attached hydrogens (tertiary/aromatic N) is 1. The van der Waals surface area contributed by atoms with E-state index < -0.39 is 0 Å². The minimum Gasteiger partial charge on any atom is -0.439 e. The zero-order valence-corrected chi connectivity index (χ0v) is 14.7. The maximum absolute atomic E-state index is 12.6. The molecule has 0 spiro atoms. The molecule has 3 nitrogen and oxygen atoms in total. The lowest BCUT2D eigenvalue weighted by molar-refractivity contribution is -0.0480. The van der Waals surface area contributed by atoms with Crippen LogP contribution >= 0.6 is 15.9 Å². The first-order chi connectivity index (χ1) is 11.2. The normalized spacial score (nSPS) is 41.4. The van der Waals surface area contributed by atoms with Crippen LogP contribution in [0.2, 0.25) is 0 Å². The van der Waals surface area contributed by atoms with Gasteiger partial charge in [-0.05, 0) is 73.5 Å². The quantitative estimate of drug-likeness (QED) is 0.744. The lowest BCUT2D eigenvalue weighted by Gasteiger charge is -2.56. The molecule has 6 rings (SSSR count). The van der Waals surface area contributed by atoms with Gasteiger partial charge in [0.05, 0.1) is 6.54 Å². The number of ether oxygens (including phenoxy) is 1. The van der Waals surface area contributed by atoms with Crippen molar-refractivity contribution in [1.82, 2.24) is 4.90 Å². The van der Waals surface area contributed by atoms with Crippen LogP contribution in [-0.2, 0) is 4.74 Å². The van der Waals surface area contributed by atoms with Crippen LogP contribution in [0.15, 0.2) is 28.7 Å². The Morgan fingerprint density at radius 2 is 1.74 bits per heavy atom. The molecule has 0 aromatic heterocycles.